The SMILES string of the molecule is COC(=O)C1=C(C)N=c2s/c(=C/c3ccccc3)c(=O)n2[C@H]1c1ccccc1. The molecule has 0 amide bonds. The van der Waals surface area contributed by atoms with Gasteiger partial charge in [0.25, 0.3) is 5.56 Å². The molecule has 0 saturated carbocycles. The molecule has 0 spiro atoms. The van der Waals surface area contributed by atoms with Gasteiger partial charge in [0.1, 0.15) is 0 Å². The van der Waals surface area contributed by atoms with Crippen LogP contribution in [0.25, 0.3) is 6.08 Å². The first-order valence-corrected chi connectivity index (χ1v) is 9.62. The molecule has 3 aromatic rings. The van der Waals surface area contributed by atoms with E-state index in [1.54, 1.807) is 11.5 Å². The number of hydrogen-bond acceptors (Lipinski definition) is 5. The molecule has 0 saturated heterocycles. The minimum atomic E-state index is -0.567. The van der Waals surface area contributed by atoms with Crippen LogP contribution in [0, 0.1) is 0 Å². The van der Waals surface area contributed by atoms with Crippen LogP contribution in [-0.2, 0) is 9.53 Å². The van der Waals surface area contributed by atoms with Gasteiger partial charge in [-0.2, -0.15) is 0 Å². The Bertz CT molecular complexity index is 1240. The molecule has 1 aliphatic rings. The van der Waals surface area contributed by atoms with Crippen LogP contribution in [0.3, 0.4) is 0 Å². The van der Waals surface area contributed by atoms with Crippen molar-refractivity contribution >= 4 is 23.4 Å². The lowest BCUT2D eigenvalue weighted by atomic mass is 9.96. The molecule has 0 radical (unpaired) electrons. The summed E-state index contributed by atoms with van der Waals surface area (Å²) in [6, 6.07) is 18.6. The van der Waals surface area contributed by atoms with Crippen LogP contribution in [0.4, 0.5) is 0 Å². The van der Waals surface area contributed by atoms with Crippen molar-refractivity contribution in [3.05, 3.63) is 103 Å². The van der Waals surface area contributed by atoms with Crippen molar-refractivity contribution in [2.24, 2.45) is 4.99 Å². The predicted octanol–water partition coefficient (Wildman–Crippen LogP) is 2.41. The lowest BCUT2D eigenvalue weighted by Gasteiger charge is -2.24. The average Bonchev–Trinajstić information content (AvgIpc) is 3.02. The van der Waals surface area contributed by atoms with Crippen LogP contribution in [0.5, 0.6) is 0 Å². The van der Waals surface area contributed by atoms with Gasteiger partial charge in [-0.15, -0.1) is 0 Å². The minimum absolute atomic E-state index is 0.171. The highest BCUT2D eigenvalue weighted by Crippen LogP contribution is 2.30. The quantitative estimate of drug-likeness (QED) is 0.646. The fraction of sp³-hybridized carbons (Fsp3) is 0.136. The highest BCUT2D eigenvalue weighted by atomic mass is 32.1. The maximum atomic E-state index is 13.3. The Kier molecular flexibility index (Phi) is 4.79. The number of methoxy groups -OCH3 is 1. The van der Waals surface area contributed by atoms with E-state index in [1.807, 2.05) is 66.7 Å². The molecule has 2 aromatic carbocycles. The lowest BCUT2D eigenvalue weighted by molar-refractivity contribution is -0.136. The summed E-state index contributed by atoms with van der Waals surface area (Å²) in [5.74, 6) is -0.479. The molecule has 0 unspecified atom stereocenters. The number of hydrogen-bond donors (Lipinski definition) is 0. The summed E-state index contributed by atoms with van der Waals surface area (Å²) in [6.45, 7) is 1.77. The summed E-state index contributed by atoms with van der Waals surface area (Å²) in [4.78, 5) is 30.9. The third-order valence-electron chi connectivity index (χ3n) is 4.64. The Morgan fingerprint density at radius 1 is 1.11 bits per heavy atom. The first kappa shape index (κ1) is 18.1. The van der Waals surface area contributed by atoms with E-state index in [9.17, 15) is 9.59 Å². The van der Waals surface area contributed by atoms with E-state index in [0.717, 1.165) is 11.1 Å². The van der Waals surface area contributed by atoms with Gasteiger partial charge in [-0.1, -0.05) is 72.0 Å². The van der Waals surface area contributed by atoms with Crippen molar-refractivity contribution in [1.82, 2.24) is 4.57 Å². The zero-order valence-corrected chi connectivity index (χ0v) is 16.3. The van der Waals surface area contributed by atoms with Gasteiger partial charge in [0.05, 0.1) is 29.0 Å². The third-order valence-corrected chi connectivity index (χ3v) is 5.62. The number of ether oxygens (including phenoxy) is 1. The molecular weight excluding hydrogens is 372 g/mol. The Hall–Kier alpha value is -3.25. The van der Waals surface area contributed by atoms with Crippen molar-refractivity contribution in [2.75, 3.05) is 7.11 Å². The maximum absolute atomic E-state index is 13.3. The Morgan fingerprint density at radius 3 is 2.39 bits per heavy atom. The minimum Gasteiger partial charge on any atom is -0.466 e. The fourth-order valence-electron chi connectivity index (χ4n) is 3.34. The molecule has 6 heteroatoms. The Balaban J connectivity index is 1.99. The van der Waals surface area contributed by atoms with Gasteiger partial charge in [-0.3, -0.25) is 9.36 Å². The number of benzene rings is 2. The number of carbonyl (C=O) groups is 1. The van der Waals surface area contributed by atoms with Gasteiger partial charge < -0.3 is 4.74 Å². The van der Waals surface area contributed by atoms with E-state index in [1.165, 1.54) is 18.4 Å². The van der Waals surface area contributed by atoms with Crippen molar-refractivity contribution < 1.29 is 9.53 Å². The van der Waals surface area contributed by atoms with Crippen LogP contribution >= 0.6 is 11.3 Å². The molecule has 28 heavy (non-hydrogen) atoms. The third kappa shape index (κ3) is 3.12. The molecule has 0 fully saturated rings. The monoisotopic (exact) mass is 390 g/mol. The number of aromatic nitrogens is 1. The van der Waals surface area contributed by atoms with E-state index in [0.29, 0.717) is 20.6 Å². The number of rotatable bonds is 3. The molecular formula is C22H18N2O3S. The second-order valence-electron chi connectivity index (χ2n) is 6.39. The number of esters is 1. The summed E-state index contributed by atoms with van der Waals surface area (Å²) >= 11 is 1.32. The van der Waals surface area contributed by atoms with Crippen LogP contribution in [0.15, 0.2) is 81.7 Å². The summed E-state index contributed by atoms with van der Waals surface area (Å²) in [5.41, 5.74) is 2.55. The van der Waals surface area contributed by atoms with Gasteiger partial charge in [-0.25, -0.2) is 9.79 Å². The summed E-state index contributed by atoms with van der Waals surface area (Å²) in [6.07, 6.45) is 1.85. The summed E-state index contributed by atoms with van der Waals surface area (Å²) < 4.78 is 7.16. The molecule has 2 heterocycles. The Morgan fingerprint density at radius 2 is 1.75 bits per heavy atom. The second-order valence-corrected chi connectivity index (χ2v) is 7.40. The summed E-state index contributed by atoms with van der Waals surface area (Å²) in [7, 11) is 1.34. The van der Waals surface area contributed by atoms with E-state index in [-0.39, 0.29) is 5.56 Å². The lowest BCUT2D eigenvalue weighted by Crippen LogP contribution is -2.39. The second kappa shape index (κ2) is 7.40. The number of allylic oxidation sites excluding steroid dienone is 1. The van der Waals surface area contributed by atoms with Crippen molar-refractivity contribution in [3.8, 4) is 0 Å². The smallest absolute Gasteiger partial charge is 0.338 e. The molecule has 1 atom stereocenters. The van der Waals surface area contributed by atoms with Gasteiger partial charge in [0, 0.05) is 0 Å². The van der Waals surface area contributed by atoms with Gasteiger partial charge in [0.15, 0.2) is 4.80 Å². The predicted molar refractivity (Wildman–Crippen MR) is 109 cm³/mol. The highest BCUT2D eigenvalue weighted by Gasteiger charge is 2.32. The molecule has 1 aromatic heterocycles. The van der Waals surface area contributed by atoms with E-state index in [4.69, 9.17) is 4.74 Å². The molecule has 0 bridgehead atoms. The maximum Gasteiger partial charge on any atom is 0.338 e. The van der Waals surface area contributed by atoms with E-state index in [2.05, 4.69) is 4.99 Å². The topological polar surface area (TPSA) is 60.7 Å². The molecule has 1 aliphatic heterocycles. The van der Waals surface area contributed by atoms with Crippen molar-refractivity contribution in [3.63, 3.8) is 0 Å². The van der Waals surface area contributed by atoms with Crippen LogP contribution < -0.4 is 14.9 Å². The molecule has 4 rings (SSSR count). The van der Waals surface area contributed by atoms with Crippen LogP contribution in [-0.4, -0.2) is 17.6 Å². The van der Waals surface area contributed by atoms with E-state index < -0.39 is 12.0 Å². The normalized spacial score (nSPS) is 16.5. The van der Waals surface area contributed by atoms with Gasteiger partial charge >= 0.3 is 5.97 Å². The Labute approximate surface area is 165 Å². The number of thiazole rings is 1. The van der Waals surface area contributed by atoms with Crippen LogP contribution in [0.2, 0.25) is 0 Å². The standard InChI is InChI=1S/C22H18N2O3S/c1-14-18(21(26)27-2)19(16-11-7-4-8-12-16)24-20(25)17(28-22(24)23-14)13-15-9-5-3-6-10-15/h3-13,19H,1-2H3/b17-13+/t19-/m0/s1. The molecule has 5 nitrogen and oxygen atoms in total. The number of fused-ring (bicyclic) bond motifs is 1. The fourth-order valence-corrected chi connectivity index (χ4v) is 4.39. The number of nitrogens with zero attached hydrogens (tertiary/aromatic N) is 2. The first-order chi connectivity index (χ1) is 13.6. The number of carbonyl (C=O) groups excluding carboxylic acids is 1. The first-order valence-electron chi connectivity index (χ1n) is 8.81. The zero-order chi connectivity index (χ0) is 19.7. The van der Waals surface area contributed by atoms with Crippen molar-refractivity contribution in [1.29, 1.82) is 0 Å². The van der Waals surface area contributed by atoms with E-state index >= 15 is 0 Å². The average molecular weight is 390 g/mol. The molecule has 140 valence electrons. The highest BCUT2D eigenvalue weighted by molar-refractivity contribution is 7.07. The van der Waals surface area contributed by atoms with Gasteiger partial charge in [-0.05, 0) is 24.1 Å². The summed E-state index contributed by atoms with van der Waals surface area (Å²) in [5, 5.41) is 0. The van der Waals surface area contributed by atoms with Gasteiger partial charge in [0.2, 0.25) is 0 Å². The van der Waals surface area contributed by atoms with Crippen molar-refractivity contribution in [2.45, 2.75) is 13.0 Å². The van der Waals surface area contributed by atoms with Crippen LogP contribution in [0.1, 0.15) is 24.1 Å². The molecule has 0 aliphatic carbocycles. The molecule has 0 N–H and O–H groups in total. The largest absolute Gasteiger partial charge is 0.466 e. The zero-order valence-electron chi connectivity index (χ0n) is 15.5.